The Balaban J connectivity index is 2.28. The molecule has 0 aromatic carbocycles. The highest BCUT2D eigenvalue weighted by Gasteiger charge is 2.05. The van der Waals surface area contributed by atoms with Gasteiger partial charge in [-0.1, -0.05) is 6.07 Å². The van der Waals surface area contributed by atoms with Crippen molar-refractivity contribution in [1.82, 2.24) is 15.0 Å². The lowest BCUT2D eigenvalue weighted by atomic mass is 10.1. The van der Waals surface area contributed by atoms with E-state index < -0.39 is 0 Å². The molecule has 72 valence electrons. The zero-order valence-electron chi connectivity index (χ0n) is 8.01. The van der Waals surface area contributed by atoms with E-state index in [0.29, 0.717) is 0 Å². The molecule has 0 aliphatic rings. The molecule has 0 fully saturated rings. The van der Waals surface area contributed by atoms with Gasteiger partial charge in [-0.15, -0.1) is 0 Å². The maximum atomic E-state index is 4.32. The molecule has 0 atom stereocenters. The summed E-state index contributed by atoms with van der Waals surface area (Å²) in [7, 11) is 0. The van der Waals surface area contributed by atoms with E-state index in [1.807, 2.05) is 36.5 Å². The Morgan fingerprint density at radius 3 is 2.73 bits per heavy atom. The molecular weight excluding hydrogens is 186 g/mol. The van der Waals surface area contributed by atoms with Gasteiger partial charge in [-0.05, 0) is 24.3 Å². The lowest BCUT2D eigenvalue weighted by molar-refractivity contribution is 1.32. The van der Waals surface area contributed by atoms with Gasteiger partial charge in [-0.3, -0.25) is 4.98 Å². The lowest BCUT2D eigenvalue weighted by Gasteiger charge is -1.96. The predicted octanol–water partition coefficient (Wildman–Crippen LogP) is 2.62. The minimum absolute atomic E-state index is 0.901. The Kier molecular flexibility index (Phi) is 1.75. The van der Waals surface area contributed by atoms with Crippen molar-refractivity contribution >= 4 is 11.0 Å². The molecule has 3 heteroatoms. The summed E-state index contributed by atoms with van der Waals surface area (Å²) in [4.78, 5) is 11.7. The van der Waals surface area contributed by atoms with Crippen LogP contribution in [0.25, 0.3) is 22.3 Å². The fraction of sp³-hybridized carbons (Fsp3) is 0. The molecule has 0 unspecified atom stereocenters. The van der Waals surface area contributed by atoms with Crippen LogP contribution in [0.3, 0.4) is 0 Å². The third-order valence-corrected chi connectivity index (χ3v) is 2.39. The molecule has 3 heterocycles. The molecule has 1 N–H and O–H groups in total. The zero-order valence-corrected chi connectivity index (χ0v) is 8.01. The third kappa shape index (κ3) is 1.29. The summed E-state index contributed by atoms with van der Waals surface area (Å²) in [5.74, 6) is 0. The Labute approximate surface area is 86.8 Å². The summed E-state index contributed by atoms with van der Waals surface area (Å²) >= 11 is 0. The maximum Gasteiger partial charge on any atom is 0.137 e. The van der Waals surface area contributed by atoms with Crippen molar-refractivity contribution in [2.75, 3.05) is 0 Å². The number of H-pyrrole nitrogens is 1. The normalized spacial score (nSPS) is 10.7. The van der Waals surface area contributed by atoms with Crippen LogP contribution < -0.4 is 0 Å². The summed E-state index contributed by atoms with van der Waals surface area (Å²) < 4.78 is 0. The van der Waals surface area contributed by atoms with Gasteiger partial charge in [0, 0.05) is 29.5 Å². The maximum absolute atomic E-state index is 4.32. The molecule has 0 saturated heterocycles. The molecule has 0 radical (unpaired) electrons. The van der Waals surface area contributed by atoms with Gasteiger partial charge in [0.05, 0.1) is 5.69 Å². The fourth-order valence-corrected chi connectivity index (χ4v) is 1.69. The number of pyridine rings is 2. The van der Waals surface area contributed by atoms with E-state index in [9.17, 15) is 0 Å². The van der Waals surface area contributed by atoms with Gasteiger partial charge < -0.3 is 4.98 Å². The predicted molar refractivity (Wildman–Crippen MR) is 59.3 cm³/mol. The van der Waals surface area contributed by atoms with Crippen LogP contribution in [0, 0.1) is 0 Å². The summed E-state index contributed by atoms with van der Waals surface area (Å²) in [6.45, 7) is 0. The van der Waals surface area contributed by atoms with Crippen molar-refractivity contribution in [3.63, 3.8) is 0 Å². The Hall–Kier alpha value is -2.16. The summed E-state index contributed by atoms with van der Waals surface area (Å²) in [6.07, 6.45) is 5.52. The number of aromatic amines is 1. The number of hydrogen-bond acceptors (Lipinski definition) is 2. The van der Waals surface area contributed by atoms with E-state index in [2.05, 4.69) is 15.0 Å². The zero-order chi connectivity index (χ0) is 10.1. The van der Waals surface area contributed by atoms with E-state index in [1.54, 1.807) is 12.4 Å². The highest BCUT2D eigenvalue weighted by atomic mass is 14.8. The number of nitrogens with zero attached hydrogens (tertiary/aromatic N) is 2. The first-order valence-corrected chi connectivity index (χ1v) is 4.78. The average Bonchev–Trinajstić information content (AvgIpc) is 2.74. The van der Waals surface area contributed by atoms with E-state index in [4.69, 9.17) is 0 Å². The van der Waals surface area contributed by atoms with Crippen molar-refractivity contribution in [2.24, 2.45) is 0 Å². The van der Waals surface area contributed by atoms with Gasteiger partial charge in [0.1, 0.15) is 5.65 Å². The number of nitrogens with one attached hydrogen (secondary N) is 1. The number of fused-ring (bicyclic) bond motifs is 1. The van der Waals surface area contributed by atoms with Crippen molar-refractivity contribution in [1.29, 1.82) is 0 Å². The highest BCUT2D eigenvalue weighted by Crippen LogP contribution is 2.25. The third-order valence-electron chi connectivity index (χ3n) is 2.39. The first-order chi connectivity index (χ1) is 7.45. The van der Waals surface area contributed by atoms with E-state index >= 15 is 0 Å². The number of aromatic nitrogens is 3. The summed E-state index contributed by atoms with van der Waals surface area (Å²) in [5.41, 5.74) is 2.97. The molecule has 0 aliphatic carbocycles. The fourth-order valence-electron chi connectivity index (χ4n) is 1.69. The van der Waals surface area contributed by atoms with Crippen LogP contribution in [0.15, 0.2) is 48.9 Å². The molecule has 15 heavy (non-hydrogen) atoms. The number of hydrogen-bond donors (Lipinski definition) is 1. The van der Waals surface area contributed by atoms with Crippen LogP contribution >= 0.6 is 0 Å². The van der Waals surface area contributed by atoms with Gasteiger partial charge in [0.15, 0.2) is 0 Å². The lowest BCUT2D eigenvalue weighted by Crippen LogP contribution is -1.79. The Bertz CT molecular complexity index is 584. The molecule has 0 aliphatic heterocycles. The second-order valence-electron chi connectivity index (χ2n) is 3.32. The molecule has 0 spiro atoms. The standard InChI is InChI=1S/C12H9N3/c1-2-6-13-11(5-1)10-8-15-12-9(10)4-3-7-14-12/h1-8H,(H,14,15). The van der Waals surface area contributed by atoms with Crippen molar-refractivity contribution in [3.8, 4) is 11.3 Å². The van der Waals surface area contributed by atoms with Crippen LogP contribution in [0.5, 0.6) is 0 Å². The smallest absolute Gasteiger partial charge is 0.137 e. The molecule has 3 rings (SSSR count). The van der Waals surface area contributed by atoms with Crippen LogP contribution in [0.2, 0.25) is 0 Å². The van der Waals surface area contributed by atoms with E-state index in [1.165, 1.54) is 0 Å². The van der Waals surface area contributed by atoms with Crippen LogP contribution in [-0.2, 0) is 0 Å². The van der Waals surface area contributed by atoms with Crippen molar-refractivity contribution in [2.45, 2.75) is 0 Å². The van der Waals surface area contributed by atoms with Crippen LogP contribution in [0.1, 0.15) is 0 Å². The quantitative estimate of drug-likeness (QED) is 0.648. The highest BCUT2D eigenvalue weighted by molar-refractivity contribution is 5.92. The summed E-state index contributed by atoms with van der Waals surface area (Å²) in [5, 5.41) is 1.11. The van der Waals surface area contributed by atoms with Gasteiger partial charge in [0.25, 0.3) is 0 Å². The van der Waals surface area contributed by atoms with Gasteiger partial charge >= 0.3 is 0 Å². The topological polar surface area (TPSA) is 41.6 Å². The Morgan fingerprint density at radius 2 is 1.87 bits per heavy atom. The minimum Gasteiger partial charge on any atom is -0.345 e. The first kappa shape index (κ1) is 8.17. The average molecular weight is 195 g/mol. The molecule has 3 aromatic rings. The molecule has 0 amide bonds. The molecule has 0 saturated carbocycles. The largest absolute Gasteiger partial charge is 0.345 e. The molecular formula is C12H9N3. The molecule has 3 aromatic heterocycles. The molecule has 3 nitrogen and oxygen atoms in total. The van der Waals surface area contributed by atoms with E-state index in [0.717, 1.165) is 22.3 Å². The second kappa shape index (κ2) is 3.20. The second-order valence-corrected chi connectivity index (χ2v) is 3.32. The Morgan fingerprint density at radius 1 is 0.933 bits per heavy atom. The number of rotatable bonds is 1. The monoisotopic (exact) mass is 195 g/mol. The van der Waals surface area contributed by atoms with Gasteiger partial charge in [-0.25, -0.2) is 4.98 Å². The first-order valence-electron chi connectivity index (χ1n) is 4.78. The minimum atomic E-state index is 0.901. The molecule has 0 bridgehead atoms. The van der Waals surface area contributed by atoms with Crippen molar-refractivity contribution in [3.05, 3.63) is 48.9 Å². The van der Waals surface area contributed by atoms with Crippen LogP contribution in [-0.4, -0.2) is 15.0 Å². The van der Waals surface area contributed by atoms with E-state index in [-0.39, 0.29) is 0 Å². The van der Waals surface area contributed by atoms with Crippen molar-refractivity contribution < 1.29 is 0 Å². The summed E-state index contributed by atoms with van der Waals surface area (Å²) in [6, 6.07) is 9.87. The van der Waals surface area contributed by atoms with Gasteiger partial charge in [-0.2, -0.15) is 0 Å². The SMILES string of the molecule is c1ccc(-c2c[nH]c3ncccc23)nc1. The van der Waals surface area contributed by atoms with Crippen LogP contribution in [0.4, 0.5) is 0 Å². The van der Waals surface area contributed by atoms with Gasteiger partial charge in [0.2, 0.25) is 0 Å².